The van der Waals surface area contributed by atoms with Gasteiger partial charge in [0.15, 0.2) is 0 Å². The molecule has 1 unspecified atom stereocenters. The standard InChI is InChI=1S/C22H30N2O5S/c1-5-6-12-20(23-21(25)29-22(2,3)4)24-30(26,27)19-15-13-18(14-16-19)28-17-10-8-7-9-11-17/h7-11,13-16,20,24H,5-6,12H2,1-4H3,(H,23,25). The summed E-state index contributed by atoms with van der Waals surface area (Å²) in [5, 5.41) is 2.60. The molecule has 164 valence electrons. The average molecular weight is 435 g/mol. The maximum absolute atomic E-state index is 12.8. The van der Waals surface area contributed by atoms with E-state index in [4.69, 9.17) is 9.47 Å². The predicted octanol–water partition coefficient (Wildman–Crippen LogP) is 4.80. The largest absolute Gasteiger partial charge is 0.457 e. The molecule has 0 saturated heterocycles. The van der Waals surface area contributed by atoms with Crippen molar-refractivity contribution < 1.29 is 22.7 Å². The van der Waals surface area contributed by atoms with E-state index in [9.17, 15) is 13.2 Å². The number of carbonyl (C=O) groups is 1. The zero-order valence-corrected chi connectivity index (χ0v) is 18.7. The van der Waals surface area contributed by atoms with Gasteiger partial charge in [0.25, 0.3) is 0 Å². The number of nitrogens with one attached hydrogen (secondary N) is 2. The smallest absolute Gasteiger partial charge is 0.408 e. The number of carbonyl (C=O) groups excluding carboxylic acids is 1. The van der Waals surface area contributed by atoms with Crippen molar-refractivity contribution >= 4 is 16.1 Å². The van der Waals surface area contributed by atoms with Crippen LogP contribution in [0.25, 0.3) is 0 Å². The average Bonchev–Trinajstić information content (AvgIpc) is 2.65. The normalized spacial score (nSPS) is 12.8. The summed E-state index contributed by atoms with van der Waals surface area (Å²) in [4.78, 5) is 12.2. The lowest BCUT2D eigenvalue weighted by Crippen LogP contribution is -2.49. The van der Waals surface area contributed by atoms with Crippen LogP contribution in [-0.4, -0.2) is 26.3 Å². The number of rotatable bonds is 9. The van der Waals surface area contributed by atoms with Crippen LogP contribution in [0.1, 0.15) is 47.0 Å². The second-order valence-corrected chi connectivity index (χ2v) is 9.56. The Bertz CT molecular complexity index is 907. The van der Waals surface area contributed by atoms with Crippen molar-refractivity contribution in [2.75, 3.05) is 0 Å². The highest BCUT2D eigenvalue weighted by Gasteiger charge is 2.24. The highest BCUT2D eigenvalue weighted by atomic mass is 32.2. The molecular formula is C22H30N2O5S. The van der Waals surface area contributed by atoms with Crippen LogP contribution >= 0.6 is 0 Å². The highest BCUT2D eigenvalue weighted by molar-refractivity contribution is 7.89. The Hall–Kier alpha value is -2.58. The lowest BCUT2D eigenvalue weighted by molar-refractivity contribution is 0.0498. The number of hydrogen-bond donors (Lipinski definition) is 2. The number of sulfonamides is 1. The number of benzene rings is 2. The Balaban J connectivity index is 2.07. The van der Waals surface area contributed by atoms with Crippen molar-refractivity contribution in [1.82, 2.24) is 10.0 Å². The fourth-order valence-corrected chi connectivity index (χ4v) is 3.77. The van der Waals surface area contributed by atoms with E-state index >= 15 is 0 Å². The second-order valence-electron chi connectivity index (χ2n) is 7.85. The molecule has 0 radical (unpaired) electrons. The van der Waals surface area contributed by atoms with Crippen LogP contribution in [0.2, 0.25) is 0 Å². The van der Waals surface area contributed by atoms with Gasteiger partial charge in [-0.05, 0) is 63.6 Å². The Kier molecular flexibility index (Phi) is 8.25. The lowest BCUT2D eigenvalue weighted by atomic mass is 10.2. The van der Waals surface area contributed by atoms with Gasteiger partial charge in [-0.3, -0.25) is 0 Å². The number of para-hydroxylation sites is 1. The number of unbranched alkanes of at least 4 members (excludes halogenated alkanes) is 1. The Morgan fingerprint density at radius 3 is 2.17 bits per heavy atom. The van der Waals surface area contributed by atoms with E-state index in [1.54, 1.807) is 32.9 Å². The number of amides is 1. The number of hydrogen-bond acceptors (Lipinski definition) is 5. The molecule has 1 atom stereocenters. The molecule has 0 spiro atoms. The molecule has 0 bridgehead atoms. The van der Waals surface area contributed by atoms with Crippen LogP contribution in [0.4, 0.5) is 4.79 Å². The van der Waals surface area contributed by atoms with Crippen molar-refractivity contribution in [3.63, 3.8) is 0 Å². The van der Waals surface area contributed by atoms with Crippen molar-refractivity contribution in [2.45, 2.75) is 63.6 Å². The zero-order valence-electron chi connectivity index (χ0n) is 17.8. The Morgan fingerprint density at radius 1 is 1.00 bits per heavy atom. The van der Waals surface area contributed by atoms with Gasteiger partial charge in [-0.1, -0.05) is 38.0 Å². The summed E-state index contributed by atoms with van der Waals surface area (Å²) in [6, 6.07) is 15.3. The van der Waals surface area contributed by atoms with Gasteiger partial charge in [0.1, 0.15) is 17.1 Å². The first-order valence-electron chi connectivity index (χ1n) is 9.94. The Labute approximate surface area is 178 Å². The SMILES string of the molecule is CCCCC(NC(=O)OC(C)(C)C)NS(=O)(=O)c1ccc(Oc2ccccc2)cc1. The molecular weight excluding hydrogens is 404 g/mol. The summed E-state index contributed by atoms with van der Waals surface area (Å²) in [7, 11) is -3.84. The molecule has 0 saturated carbocycles. The molecule has 2 aromatic carbocycles. The van der Waals surface area contributed by atoms with Crippen LogP contribution in [0.5, 0.6) is 11.5 Å². The molecule has 2 aromatic rings. The Morgan fingerprint density at radius 2 is 1.60 bits per heavy atom. The monoisotopic (exact) mass is 434 g/mol. The third-order valence-electron chi connectivity index (χ3n) is 3.95. The number of alkyl carbamates (subject to hydrolysis) is 1. The molecule has 0 fully saturated rings. The topological polar surface area (TPSA) is 93.7 Å². The fourth-order valence-electron chi connectivity index (χ4n) is 2.59. The molecule has 8 heteroatoms. The van der Waals surface area contributed by atoms with Gasteiger partial charge in [0.05, 0.1) is 11.1 Å². The molecule has 30 heavy (non-hydrogen) atoms. The van der Waals surface area contributed by atoms with Gasteiger partial charge >= 0.3 is 6.09 Å². The second kappa shape index (κ2) is 10.4. The quantitative estimate of drug-likeness (QED) is 0.553. The van der Waals surface area contributed by atoms with Crippen LogP contribution in [-0.2, 0) is 14.8 Å². The molecule has 0 aliphatic heterocycles. The summed E-state index contributed by atoms with van der Waals surface area (Å²) in [6.07, 6.45) is 0.611. The van der Waals surface area contributed by atoms with E-state index in [1.165, 1.54) is 12.1 Å². The van der Waals surface area contributed by atoms with E-state index < -0.39 is 27.9 Å². The summed E-state index contributed by atoms with van der Waals surface area (Å²) in [5.74, 6) is 1.18. The van der Waals surface area contributed by atoms with Gasteiger partial charge in [-0.25, -0.2) is 13.2 Å². The summed E-state index contributed by atoms with van der Waals surface area (Å²) in [5.41, 5.74) is -0.674. The molecule has 7 nitrogen and oxygen atoms in total. The van der Waals surface area contributed by atoms with E-state index in [2.05, 4.69) is 10.0 Å². The maximum Gasteiger partial charge on any atom is 0.408 e. The number of ether oxygens (including phenoxy) is 2. The first kappa shape index (κ1) is 23.7. The lowest BCUT2D eigenvalue weighted by Gasteiger charge is -2.24. The fraction of sp³-hybridized carbons (Fsp3) is 0.409. The molecule has 0 aliphatic carbocycles. The van der Waals surface area contributed by atoms with Crippen molar-refractivity contribution in [2.24, 2.45) is 0 Å². The van der Waals surface area contributed by atoms with Crippen LogP contribution in [0.3, 0.4) is 0 Å². The first-order chi connectivity index (χ1) is 14.1. The van der Waals surface area contributed by atoms with Crippen molar-refractivity contribution in [1.29, 1.82) is 0 Å². The van der Waals surface area contributed by atoms with Gasteiger partial charge in [-0.2, -0.15) is 4.72 Å². The molecule has 0 aliphatic rings. The minimum Gasteiger partial charge on any atom is -0.457 e. The predicted molar refractivity (Wildman–Crippen MR) is 116 cm³/mol. The molecule has 2 N–H and O–H groups in total. The van der Waals surface area contributed by atoms with E-state index in [0.29, 0.717) is 17.9 Å². The third-order valence-corrected chi connectivity index (χ3v) is 5.44. The summed E-state index contributed by atoms with van der Waals surface area (Å²) in [6.45, 7) is 7.23. The van der Waals surface area contributed by atoms with Crippen LogP contribution in [0.15, 0.2) is 59.5 Å². The van der Waals surface area contributed by atoms with Gasteiger partial charge < -0.3 is 14.8 Å². The molecule has 1 amide bonds. The van der Waals surface area contributed by atoms with Crippen LogP contribution in [0, 0.1) is 0 Å². The minimum absolute atomic E-state index is 0.0791. The summed E-state index contributed by atoms with van der Waals surface area (Å²) < 4.78 is 39.1. The molecule has 2 rings (SSSR count). The van der Waals surface area contributed by atoms with Crippen LogP contribution < -0.4 is 14.8 Å². The maximum atomic E-state index is 12.8. The van der Waals surface area contributed by atoms with Crippen molar-refractivity contribution in [3.8, 4) is 11.5 Å². The van der Waals surface area contributed by atoms with E-state index in [0.717, 1.165) is 12.8 Å². The summed E-state index contributed by atoms with van der Waals surface area (Å²) >= 11 is 0. The van der Waals surface area contributed by atoms with Gasteiger partial charge in [-0.15, -0.1) is 0 Å². The highest BCUT2D eigenvalue weighted by Crippen LogP contribution is 2.22. The van der Waals surface area contributed by atoms with Gasteiger partial charge in [0, 0.05) is 0 Å². The molecule has 0 aromatic heterocycles. The van der Waals surface area contributed by atoms with Gasteiger partial charge in [0.2, 0.25) is 10.0 Å². The van der Waals surface area contributed by atoms with Crippen molar-refractivity contribution in [3.05, 3.63) is 54.6 Å². The van der Waals surface area contributed by atoms with E-state index in [-0.39, 0.29) is 4.90 Å². The molecule has 0 heterocycles. The zero-order chi connectivity index (χ0) is 22.2. The minimum atomic E-state index is -3.84. The van der Waals surface area contributed by atoms with E-state index in [1.807, 2.05) is 37.3 Å². The first-order valence-corrected chi connectivity index (χ1v) is 11.4. The third kappa shape index (κ3) is 8.04.